The number of ether oxygens (including phenoxy) is 1. The fourth-order valence-corrected chi connectivity index (χ4v) is 11.9. The third-order valence-corrected chi connectivity index (χ3v) is 18.2. The van der Waals surface area contributed by atoms with Crippen LogP contribution in [0.4, 0.5) is 0 Å². The molecule has 1 fully saturated rings. The standard InChI is InChI=1S/C13H27O2Si.ClH.Hg/c1-11(10-12-8-7-9-14-12)15-16(5,6)13(2,3)4;;/h10-12H,7-9H2,1-6H3;1H;/q;;+1/p-1/t11-,12-;;/m0../s1. The van der Waals surface area contributed by atoms with Crippen LogP contribution in [-0.4, -0.2) is 27.1 Å². The predicted molar refractivity (Wildman–Crippen MR) is 76.3 cm³/mol. The molecule has 1 heterocycles. The quantitative estimate of drug-likeness (QED) is 0.537. The van der Waals surface area contributed by atoms with Gasteiger partial charge in [-0.2, -0.15) is 0 Å². The van der Waals surface area contributed by atoms with Crippen LogP contribution >= 0.6 is 8.25 Å². The fourth-order valence-electron chi connectivity index (χ4n) is 2.20. The van der Waals surface area contributed by atoms with Gasteiger partial charge in [0.1, 0.15) is 0 Å². The van der Waals surface area contributed by atoms with Crippen LogP contribution in [0.25, 0.3) is 0 Å². The number of hydrogen-bond acceptors (Lipinski definition) is 2. The molecule has 2 nitrogen and oxygen atoms in total. The predicted octanol–water partition coefficient (Wildman–Crippen LogP) is 4.60. The van der Waals surface area contributed by atoms with Crippen LogP contribution in [0, 0.1) is 0 Å². The first-order valence-corrected chi connectivity index (χ1v) is 19.9. The normalized spacial score (nSPS) is 24.7. The van der Waals surface area contributed by atoms with Gasteiger partial charge in [0.25, 0.3) is 0 Å². The van der Waals surface area contributed by atoms with Gasteiger partial charge in [-0.05, 0) is 0 Å². The van der Waals surface area contributed by atoms with E-state index in [4.69, 9.17) is 17.4 Å². The maximum atomic E-state index is 6.50. The second-order valence-electron chi connectivity index (χ2n) is 6.95. The Bertz CT molecular complexity index is 262. The van der Waals surface area contributed by atoms with E-state index in [1.165, 1.54) is 12.8 Å². The van der Waals surface area contributed by atoms with Crippen molar-refractivity contribution in [3.63, 3.8) is 0 Å². The SMILES string of the molecule is C[C@H](O[Si](C)(C)C(C)(C)C)[C@H]([Hg][Cl])[C@@H]1CCCO1. The van der Waals surface area contributed by atoms with Crippen LogP contribution in [0.2, 0.25) is 21.6 Å². The van der Waals surface area contributed by atoms with Crippen LogP contribution in [-0.2, 0) is 32.5 Å². The van der Waals surface area contributed by atoms with E-state index in [2.05, 4.69) is 40.8 Å². The monoisotopic (exact) mass is 480 g/mol. The van der Waals surface area contributed by atoms with Gasteiger partial charge in [-0.3, -0.25) is 0 Å². The van der Waals surface area contributed by atoms with Crippen molar-refractivity contribution in [3.05, 3.63) is 0 Å². The summed E-state index contributed by atoms with van der Waals surface area (Å²) in [4.78, 5) is 0. The molecule has 1 saturated heterocycles. The Kier molecular flexibility index (Phi) is 6.66. The molecule has 5 heteroatoms. The summed E-state index contributed by atoms with van der Waals surface area (Å²) in [5.41, 5.74) is 0. The molecule has 0 radical (unpaired) electrons. The zero-order chi connectivity index (χ0) is 14.0. The van der Waals surface area contributed by atoms with Crippen LogP contribution in [0.3, 0.4) is 0 Å². The first-order chi connectivity index (χ1) is 8.19. The number of rotatable bonds is 5. The van der Waals surface area contributed by atoms with Crippen molar-refractivity contribution in [2.45, 2.75) is 74.3 Å². The topological polar surface area (TPSA) is 18.5 Å². The molecule has 18 heavy (non-hydrogen) atoms. The van der Waals surface area contributed by atoms with E-state index in [1.807, 2.05) is 0 Å². The van der Waals surface area contributed by atoms with Gasteiger partial charge in [0, 0.05) is 0 Å². The van der Waals surface area contributed by atoms with Crippen molar-refractivity contribution in [3.8, 4) is 0 Å². The molecule has 1 aliphatic heterocycles. The van der Waals surface area contributed by atoms with Crippen molar-refractivity contribution >= 4 is 16.6 Å². The second kappa shape index (κ2) is 6.88. The Morgan fingerprint density at radius 1 is 1.39 bits per heavy atom. The zero-order valence-corrected chi connectivity index (χ0v) is 20.0. The van der Waals surface area contributed by atoms with E-state index < -0.39 is 31.7 Å². The van der Waals surface area contributed by atoms with Crippen LogP contribution in [0.1, 0.15) is 40.5 Å². The van der Waals surface area contributed by atoms with E-state index in [0.717, 1.165) is 6.61 Å². The molecular formula is C13H27ClHgO2Si. The molecule has 0 aliphatic carbocycles. The van der Waals surface area contributed by atoms with Gasteiger partial charge in [0.05, 0.1) is 0 Å². The van der Waals surface area contributed by atoms with Crippen LogP contribution < -0.4 is 0 Å². The van der Waals surface area contributed by atoms with Gasteiger partial charge >= 0.3 is 130 Å². The molecule has 0 saturated carbocycles. The van der Waals surface area contributed by atoms with Gasteiger partial charge in [-0.25, -0.2) is 0 Å². The van der Waals surface area contributed by atoms with Crippen LogP contribution in [0.5, 0.6) is 0 Å². The third-order valence-electron chi connectivity index (χ3n) is 4.51. The average molecular weight is 479 g/mol. The van der Waals surface area contributed by atoms with E-state index in [9.17, 15) is 0 Å². The minimum atomic E-state index is -1.68. The van der Waals surface area contributed by atoms with Crippen molar-refractivity contribution < 1.29 is 32.5 Å². The Morgan fingerprint density at radius 2 is 2.00 bits per heavy atom. The van der Waals surface area contributed by atoms with Gasteiger partial charge < -0.3 is 0 Å². The molecular weight excluding hydrogens is 452 g/mol. The molecule has 0 N–H and O–H groups in total. The van der Waals surface area contributed by atoms with E-state index in [-0.39, 0.29) is 11.1 Å². The van der Waals surface area contributed by atoms with Gasteiger partial charge in [-0.15, -0.1) is 0 Å². The Morgan fingerprint density at radius 3 is 2.39 bits per heavy atom. The summed E-state index contributed by atoms with van der Waals surface area (Å²) in [6.45, 7) is 14.6. The van der Waals surface area contributed by atoms with Gasteiger partial charge in [0.15, 0.2) is 0 Å². The van der Waals surface area contributed by atoms with E-state index >= 15 is 0 Å². The summed E-state index contributed by atoms with van der Waals surface area (Å²) in [5, 5.41) is 0.269. The first kappa shape index (κ1) is 17.4. The molecule has 0 spiro atoms. The molecule has 1 rings (SSSR count). The summed E-state index contributed by atoms with van der Waals surface area (Å²) >= 11 is -1.36. The van der Waals surface area contributed by atoms with Gasteiger partial charge in [0.2, 0.25) is 0 Å². The Balaban J connectivity index is 2.64. The first-order valence-electron chi connectivity index (χ1n) is 7.04. The molecule has 1 aliphatic rings. The summed E-state index contributed by atoms with van der Waals surface area (Å²) in [5.74, 6) is 0. The van der Waals surface area contributed by atoms with E-state index in [1.54, 1.807) is 0 Å². The molecule has 0 aromatic rings. The van der Waals surface area contributed by atoms with Crippen molar-refractivity contribution in [2.24, 2.45) is 0 Å². The molecule has 0 aromatic heterocycles. The fraction of sp³-hybridized carbons (Fsp3) is 1.00. The molecule has 0 amide bonds. The third kappa shape index (κ3) is 4.44. The molecule has 104 valence electrons. The van der Waals surface area contributed by atoms with Crippen LogP contribution in [0.15, 0.2) is 0 Å². The molecule has 0 bridgehead atoms. The summed E-state index contributed by atoms with van der Waals surface area (Å²) < 4.78 is 12.9. The average Bonchev–Trinajstić information content (AvgIpc) is 2.69. The zero-order valence-electron chi connectivity index (χ0n) is 12.8. The summed E-state index contributed by atoms with van der Waals surface area (Å²) in [6.07, 6.45) is 3.05. The van der Waals surface area contributed by atoms with Crippen molar-refractivity contribution in [1.29, 1.82) is 0 Å². The minimum absolute atomic E-state index is 0.269. The maximum absolute atomic E-state index is 6.50. The van der Waals surface area contributed by atoms with Gasteiger partial charge in [-0.1, -0.05) is 0 Å². The Labute approximate surface area is 129 Å². The number of hydrogen-bond donors (Lipinski definition) is 0. The van der Waals surface area contributed by atoms with E-state index in [0.29, 0.717) is 9.53 Å². The number of halogens is 1. The van der Waals surface area contributed by atoms with Crippen molar-refractivity contribution in [2.75, 3.05) is 6.61 Å². The molecule has 3 atom stereocenters. The molecule has 0 aromatic carbocycles. The van der Waals surface area contributed by atoms with Crippen molar-refractivity contribution in [1.82, 2.24) is 0 Å². The molecule has 0 unspecified atom stereocenters. The Hall–Kier alpha value is 1.36. The second-order valence-corrected chi connectivity index (χ2v) is 19.3. The summed E-state index contributed by atoms with van der Waals surface area (Å²) in [6, 6.07) is 0. The summed E-state index contributed by atoms with van der Waals surface area (Å²) in [7, 11) is 4.69.